The monoisotopic (exact) mass is 987 g/mol. The van der Waals surface area contributed by atoms with Gasteiger partial charge in [0.1, 0.15) is 5.82 Å². The molecule has 0 unspecified atom stereocenters. The van der Waals surface area contributed by atoms with Crippen molar-refractivity contribution in [3.63, 3.8) is 0 Å². The van der Waals surface area contributed by atoms with E-state index in [2.05, 4.69) is 206 Å². The van der Waals surface area contributed by atoms with Crippen molar-refractivity contribution in [2.45, 2.75) is 0 Å². The number of fused-ring (bicyclic) bond motifs is 12. The summed E-state index contributed by atoms with van der Waals surface area (Å²) in [5.41, 5.74) is 13.7. The second kappa shape index (κ2) is 14.8. The Morgan fingerprint density at radius 2 is 1.25 bits per heavy atom. The number of pyridine rings is 1. The minimum absolute atomic E-state index is 0. The zero-order chi connectivity index (χ0) is 40.7. The molecule has 8 aromatic carbocycles. The van der Waals surface area contributed by atoms with E-state index in [1.54, 1.807) is 0 Å². The Hall–Kier alpha value is -7.67. The van der Waals surface area contributed by atoms with E-state index >= 15 is 0 Å². The molecule has 0 radical (unpaired) electrons. The number of benzene rings is 8. The second-order valence-electron chi connectivity index (χ2n) is 15.6. The molecule has 0 spiro atoms. The van der Waals surface area contributed by atoms with E-state index in [-0.39, 0.29) is 28.0 Å². The first-order valence-electron chi connectivity index (χ1n) is 20.8. The van der Waals surface area contributed by atoms with Crippen molar-refractivity contribution in [1.82, 2.24) is 14.1 Å². The molecule has 0 saturated carbocycles. The number of ether oxygens (including phenoxy) is 1. The quantitative estimate of drug-likeness (QED) is 0.0946. The smallest absolute Gasteiger partial charge is 0.419 e. The molecule has 0 fully saturated rings. The third-order valence-electron chi connectivity index (χ3n) is 12.2. The summed E-state index contributed by atoms with van der Waals surface area (Å²) in [6, 6.07) is 74.9. The molecule has 0 bridgehead atoms. The van der Waals surface area contributed by atoms with Gasteiger partial charge in [0.25, 0.3) is 6.33 Å². The maximum Gasteiger partial charge on any atom is 0.419 e. The van der Waals surface area contributed by atoms with Crippen LogP contribution >= 0.6 is 0 Å². The average molecular weight is 988 g/mol. The van der Waals surface area contributed by atoms with Crippen molar-refractivity contribution in [3.8, 4) is 39.7 Å². The van der Waals surface area contributed by atoms with Crippen LogP contribution in [0, 0.1) is 18.5 Å². The fourth-order valence-electron chi connectivity index (χ4n) is 9.59. The Labute approximate surface area is 378 Å². The molecule has 5 heterocycles. The largest absolute Gasteiger partial charge is 0.510 e. The Morgan fingerprint density at radius 3 is 2.13 bits per heavy atom. The van der Waals surface area contributed by atoms with Gasteiger partial charge in [-0.25, -0.2) is 4.98 Å². The zero-order valence-electron chi connectivity index (χ0n) is 33.5. The van der Waals surface area contributed by atoms with E-state index in [1.165, 1.54) is 16.2 Å². The van der Waals surface area contributed by atoms with E-state index in [9.17, 15) is 0 Å². The van der Waals surface area contributed by atoms with Crippen LogP contribution in [0.4, 0.5) is 22.9 Å². The molecule has 0 atom stereocenters. The first-order chi connectivity index (χ1) is 30.8. The molecule has 13 rings (SSSR count). The van der Waals surface area contributed by atoms with Crippen molar-refractivity contribution in [2.75, 3.05) is 9.62 Å². The molecular weight excluding hydrogens is 955 g/mol. The van der Waals surface area contributed by atoms with Crippen LogP contribution < -0.4 is 24.4 Å². The van der Waals surface area contributed by atoms with Crippen molar-refractivity contribution in [1.29, 1.82) is 0 Å². The number of rotatable bonds is 6. The van der Waals surface area contributed by atoms with E-state index in [0.717, 1.165) is 73.1 Å². The van der Waals surface area contributed by atoms with Gasteiger partial charge in [-0.2, -0.15) is 18.2 Å². The number of hydrogen-bond acceptors (Lipinski definition) is 4. The van der Waals surface area contributed by atoms with Crippen LogP contribution in [0.3, 0.4) is 0 Å². The number of anilines is 4. The van der Waals surface area contributed by atoms with Gasteiger partial charge >= 0.3 is 6.98 Å². The SMILES string of the molecule is [Pt].[c-]1c(Oc2[c-]c3c(cc2)-c2ccccc2B2N(c4ccccc4)c4cccnc4N23)cccc1-n1[c-][n+](-c2cccc3c4ccccc4n(-c4ccccc4)c23)c2ccccc21. The minimum atomic E-state index is -0.156. The summed E-state index contributed by atoms with van der Waals surface area (Å²) in [5.74, 6) is 2.03. The third kappa shape index (κ3) is 5.72. The van der Waals surface area contributed by atoms with Gasteiger partial charge in [0.05, 0.1) is 33.4 Å². The average Bonchev–Trinajstić information content (AvgIpc) is 4.01. The van der Waals surface area contributed by atoms with Gasteiger partial charge in [-0.15, -0.1) is 29.8 Å². The summed E-state index contributed by atoms with van der Waals surface area (Å²) < 4.78 is 13.3. The summed E-state index contributed by atoms with van der Waals surface area (Å²) in [5, 5.41) is 2.38. The number of aromatic nitrogens is 4. The number of para-hydroxylation sites is 6. The third-order valence-corrected chi connectivity index (χ3v) is 12.2. The normalized spacial score (nSPS) is 12.5. The van der Waals surface area contributed by atoms with Crippen LogP contribution in [0.15, 0.2) is 200 Å². The number of hydrogen-bond donors (Lipinski definition) is 0. The second-order valence-corrected chi connectivity index (χ2v) is 15.6. The van der Waals surface area contributed by atoms with Gasteiger partial charge in [0.15, 0.2) is 0 Å². The molecule has 9 heteroatoms. The molecule has 2 aliphatic rings. The number of nitrogens with zero attached hydrogens (tertiary/aromatic N) is 6. The van der Waals surface area contributed by atoms with E-state index in [4.69, 9.17) is 9.72 Å². The topological polar surface area (TPSA) is 42.3 Å². The van der Waals surface area contributed by atoms with Crippen LogP contribution in [0.1, 0.15) is 0 Å². The summed E-state index contributed by atoms with van der Waals surface area (Å²) in [6.07, 6.45) is 5.60. The van der Waals surface area contributed by atoms with Crippen LogP contribution in [-0.4, -0.2) is 21.1 Å². The van der Waals surface area contributed by atoms with Crippen LogP contribution in [0.2, 0.25) is 0 Å². The summed E-state index contributed by atoms with van der Waals surface area (Å²) in [6.45, 7) is -0.156. The van der Waals surface area contributed by atoms with Crippen LogP contribution in [0.5, 0.6) is 11.5 Å². The maximum atomic E-state index is 6.69. The van der Waals surface area contributed by atoms with Crippen molar-refractivity contribution < 1.29 is 30.4 Å². The predicted molar refractivity (Wildman–Crippen MR) is 248 cm³/mol. The molecule has 0 saturated heterocycles. The first-order valence-corrected chi connectivity index (χ1v) is 20.8. The molecule has 0 amide bonds. The van der Waals surface area contributed by atoms with E-state index in [1.807, 2.05) is 36.5 Å². The van der Waals surface area contributed by atoms with Crippen molar-refractivity contribution in [3.05, 3.63) is 219 Å². The summed E-state index contributed by atoms with van der Waals surface area (Å²) in [4.78, 5) is 9.62. The van der Waals surface area contributed by atoms with Gasteiger partial charge < -0.3 is 23.5 Å². The summed E-state index contributed by atoms with van der Waals surface area (Å²) >= 11 is 0. The van der Waals surface area contributed by atoms with Crippen LogP contribution in [-0.2, 0) is 21.1 Å². The summed E-state index contributed by atoms with van der Waals surface area (Å²) in [7, 11) is 0. The molecule has 2 aliphatic heterocycles. The zero-order valence-corrected chi connectivity index (χ0v) is 35.8. The van der Waals surface area contributed by atoms with Crippen molar-refractivity contribution >= 4 is 68.2 Å². The van der Waals surface area contributed by atoms with E-state index in [0.29, 0.717) is 11.5 Å². The van der Waals surface area contributed by atoms with Gasteiger partial charge in [0.2, 0.25) is 0 Å². The van der Waals surface area contributed by atoms with Gasteiger partial charge in [0, 0.05) is 60.9 Å². The van der Waals surface area contributed by atoms with Crippen LogP contribution in [0.25, 0.3) is 61.0 Å². The Morgan fingerprint density at radius 1 is 0.540 bits per heavy atom. The van der Waals surface area contributed by atoms with Gasteiger partial charge in [-0.05, 0) is 59.7 Å². The Balaban J connectivity index is 0.00000421. The minimum Gasteiger partial charge on any atom is -0.510 e. The molecule has 63 heavy (non-hydrogen) atoms. The maximum absolute atomic E-state index is 6.69. The molecule has 0 N–H and O–H groups in total. The van der Waals surface area contributed by atoms with Gasteiger partial charge in [-0.1, -0.05) is 127 Å². The molecule has 7 nitrogen and oxygen atoms in total. The van der Waals surface area contributed by atoms with E-state index < -0.39 is 0 Å². The molecular formula is C54H33BN6OPt-2. The Bertz CT molecular complexity index is 3550. The van der Waals surface area contributed by atoms with Crippen molar-refractivity contribution in [2.24, 2.45) is 0 Å². The molecule has 3 aromatic heterocycles. The standard InChI is InChI=1S/C54H33BN6O.Pt/c1-3-16-37(17-4-1)59-47-26-10-8-23-43(47)45-24-14-29-50(53(45)59)58-36-57(48-27-11-12-28-49(48)58)39-20-13-21-40(34-39)62-41-31-32-44-42-22-7-9-25-46(42)55-60(38-18-5-2-6-19-38)51-30-15-33-56-54(51)61(55)52(44)35-41;/h1-33H;/q-2;. The molecule has 300 valence electrons. The first kappa shape index (κ1) is 37.1. The fourth-order valence-corrected chi connectivity index (χ4v) is 9.59. The fraction of sp³-hybridized carbons (Fsp3) is 0. The number of imidazole rings is 1. The predicted octanol–water partition coefficient (Wildman–Crippen LogP) is 11.3. The molecule has 11 aromatic rings. The molecule has 0 aliphatic carbocycles. The Kier molecular flexibility index (Phi) is 8.70. The van der Waals surface area contributed by atoms with Gasteiger partial charge in [-0.3, -0.25) is 4.57 Å².